The zero-order valence-electron chi connectivity index (χ0n) is 29.3. The van der Waals surface area contributed by atoms with Gasteiger partial charge in [0.1, 0.15) is 5.82 Å². The van der Waals surface area contributed by atoms with Gasteiger partial charge in [0, 0.05) is 28.8 Å². The lowest BCUT2D eigenvalue weighted by atomic mass is 9.92. The van der Waals surface area contributed by atoms with Crippen LogP contribution in [0.5, 0.6) is 0 Å². The molecule has 53 heavy (non-hydrogen) atoms. The van der Waals surface area contributed by atoms with Crippen LogP contribution in [0.15, 0.2) is 182 Å². The lowest BCUT2D eigenvalue weighted by Crippen LogP contribution is -2.00. The molecule has 9 aromatic rings. The van der Waals surface area contributed by atoms with Crippen molar-refractivity contribution < 1.29 is 0 Å². The number of hydrogen-bond acceptors (Lipinski definition) is 4. The monoisotopic (exact) mass is 681 g/mol. The van der Waals surface area contributed by atoms with Gasteiger partial charge in [0.2, 0.25) is 0 Å². The second kappa shape index (κ2) is 14.0. The summed E-state index contributed by atoms with van der Waals surface area (Å²) in [6, 6.07) is 63.2. The van der Waals surface area contributed by atoms with Crippen molar-refractivity contribution in [3.63, 3.8) is 0 Å². The molecule has 2 heterocycles. The number of aromatic nitrogens is 5. The van der Waals surface area contributed by atoms with Gasteiger partial charge in [-0.25, -0.2) is 19.9 Å². The minimum atomic E-state index is 0.638. The van der Waals surface area contributed by atoms with Crippen molar-refractivity contribution in [1.29, 1.82) is 0 Å². The minimum absolute atomic E-state index is 0.638. The van der Waals surface area contributed by atoms with Crippen molar-refractivity contribution in [3.05, 3.63) is 188 Å². The smallest absolute Gasteiger partial charge is 0.164 e. The Labute approximate surface area is 309 Å². The molecule has 0 fully saturated rings. The van der Waals surface area contributed by atoms with Gasteiger partial charge >= 0.3 is 0 Å². The van der Waals surface area contributed by atoms with Crippen LogP contribution in [0.3, 0.4) is 0 Å². The van der Waals surface area contributed by atoms with Crippen molar-refractivity contribution in [2.75, 3.05) is 0 Å². The minimum Gasteiger partial charge on any atom is -0.296 e. The van der Waals surface area contributed by atoms with E-state index in [1.165, 1.54) is 11.1 Å². The van der Waals surface area contributed by atoms with Crippen LogP contribution in [0.1, 0.15) is 12.7 Å². The highest BCUT2D eigenvalue weighted by atomic mass is 15.1. The fourth-order valence-electron chi connectivity index (χ4n) is 7.02. The van der Waals surface area contributed by atoms with Crippen LogP contribution in [0, 0.1) is 0 Å². The van der Waals surface area contributed by atoms with Crippen LogP contribution < -0.4 is 0 Å². The predicted molar refractivity (Wildman–Crippen MR) is 216 cm³/mol. The molecule has 0 unspecified atom stereocenters. The van der Waals surface area contributed by atoms with E-state index in [-0.39, 0.29) is 0 Å². The highest BCUT2D eigenvalue weighted by Gasteiger charge is 2.15. The Kier molecular flexibility index (Phi) is 8.43. The van der Waals surface area contributed by atoms with E-state index in [4.69, 9.17) is 19.9 Å². The maximum absolute atomic E-state index is 4.96. The van der Waals surface area contributed by atoms with Gasteiger partial charge in [0.15, 0.2) is 17.5 Å². The Hall–Kier alpha value is -6.98. The topological polar surface area (TPSA) is 56.5 Å². The van der Waals surface area contributed by atoms with Crippen molar-refractivity contribution >= 4 is 11.0 Å². The van der Waals surface area contributed by atoms with E-state index in [1.54, 1.807) is 0 Å². The number of benzene rings is 7. The summed E-state index contributed by atoms with van der Waals surface area (Å²) in [6.07, 6.45) is 0.859. The van der Waals surface area contributed by atoms with E-state index in [9.17, 15) is 0 Å². The molecule has 0 N–H and O–H groups in total. The van der Waals surface area contributed by atoms with Crippen molar-refractivity contribution in [2.45, 2.75) is 13.3 Å². The summed E-state index contributed by atoms with van der Waals surface area (Å²) in [5.41, 5.74) is 13.0. The van der Waals surface area contributed by atoms with Crippen LogP contribution in [-0.2, 0) is 6.42 Å². The summed E-state index contributed by atoms with van der Waals surface area (Å²) in [6.45, 7) is 2.16. The van der Waals surface area contributed by atoms with E-state index in [0.29, 0.717) is 17.5 Å². The first-order valence-corrected chi connectivity index (χ1v) is 18.0. The molecule has 5 heteroatoms. The van der Waals surface area contributed by atoms with Crippen LogP contribution in [0.2, 0.25) is 0 Å². The molecule has 0 saturated carbocycles. The van der Waals surface area contributed by atoms with Crippen LogP contribution in [-0.4, -0.2) is 24.5 Å². The zero-order chi connectivity index (χ0) is 35.6. The Bertz CT molecular complexity index is 2640. The Morgan fingerprint density at radius 1 is 0.377 bits per heavy atom. The SMILES string of the molecule is CCc1nc2ccccc2n1-c1ccc(-c2ccccc2-c2cccc(-c3cccc(-c4nc(-c5ccccc5)nc(-c5ccccc5)n4)c3)c2)cc1. The standard InChI is InChI=1S/C48H35N5/c1-2-45-49-43-25-11-12-26-44(43)53(45)40-29-27-33(28-30-40)41-23-9-10-24-42(41)38-21-13-19-36(31-38)37-20-14-22-39(32-37)48-51-46(34-15-5-3-6-16-34)50-47(52-48)35-17-7-4-8-18-35/h3-32H,2H2,1H3. The number of rotatable bonds is 8. The number of nitrogens with zero attached hydrogens (tertiary/aromatic N) is 5. The first-order chi connectivity index (χ1) is 26.2. The predicted octanol–water partition coefficient (Wildman–Crippen LogP) is 11.8. The fraction of sp³-hybridized carbons (Fsp3) is 0.0417. The molecule has 0 spiro atoms. The summed E-state index contributed by atoms with van der Waals surface area (Å²) in [4.78, 5) is 19.7. The lowest BCUT2D eigenvalue weighted by Gasteiger charge is -2.14. The molecule has 0 aliphatic rings. The first kappa shape index (κ1) is 32.0. The third kappa shape index (κ3) is 6.30. The van der Waals surface area contributed by atoms with Crippen molar-refractivity contribution in [1.82, 2.24) is 24.5 Å². The molecule has 0 amide bonds. The van der Waals surface area contributed by atoms with E-state index < -0.39 is 0 Å². The largest absolute Gasteiger partial charge is 0.296 e. The number of hydrogen-bond donors (Lipinski definition) is 0. The fourth-order valence-corrected chi connectivity index (χ4v) is 7.02. The molecule has 0 aliphatic carbocycles. The molecule has 5 nitrogen and oxygen atoms in total. The number of fused-ring (bicyclic) bond motifs is 1. The maximum Gasteiger partial charge on any atom is 0.164 e. The summed E-state index contributed by atoms with van der Waals surface area (Å²) in [5, 5.41) is 0. The van der Waals surface area contributed by atoms with Gasteiger partial charge in [0.25, 0.3) is 0 Å². The van der Waals surface area contributed by atoms with Crippen molar-refractivity contribution in [2.24, 2.45) is 0 Å². The quantitative estimate of drug-likeness (QED) is 0.160. The summed E-state index contributed by atoms with van der Waals surface area (Å²) >= 11 is 0. The summed E-state index contributed by atoms with van der Waals surface area (Å²) in [5.74, 6) is 2.99. The van der Waals surface area contributed by atoms with Gasteiger partial charge < -0.3 is 0 Å². The molecule has 2 aromatic heterocycles. The Balaban J connectivity index is 1.07. The number of imidazole rings is 1. The van der Waals surface area contributed by atoms with E-state index in [2.05, 4.69) is 127 Å². The molecule has 0 bridgehead atoms. The van der Waals surface area contributed by atoms with Gasteiger partial charge in [-0.3, -0.25) is 4.57 Å². The highest BCUT2D eigenvalue weighted by Crippen LogP contribution is 2.36. The molecule has 252 valence electrons. The van der Waals surface area contributed by atoms with Gasteiger partial charge in [-0.15, -0.1) is 0 Å². The molecular weight excluding hydrogens is 647 g/mol. The molecule has 9 rings (SSSR count). The summed E-state index contributed by atoms with van der Waals surface area (Å²) < 4.78 is 2.27. The summed E-state index contributed by atoms with van der Waals surface area (Å²) in [7, 11) is 0. The molecule has 0 saturated heterocycles. The molecule has 0 atom stereocenters. The molecule has 0 aliphatic heterocycles. The third-order valence-electron chi connectivity index (χ3n) is 9.64. The average molecular weight is 682 g/mol. The van der Waals surface area contributed by atoms with Crippen LogP contribution in [0.25, 0.3) is 84.3 Å². The zero-order valence-corrected chi connectivity index (χ0v) is 29.3. The first-order valence-electron chi connectivity index (χ1n) is 18.0. The van der Waals surface area contributed by atoms with Crippen LogP contribution in [0.4, 0.5) is 0 Å². The Morgan fingerprint density at radius 3 is 1.47 bits per heavy atom. The lowest BCUT2D eigenvalue weighted by molar-refractivity contribution is 0.908. The number of para-hydroxylation sites is 2. The normalized spacial score (nSPS) is 11.2. The van der Waals surface area contributed by atoms with Crippen molar-refractivity contribution in [3.8, 4) is 73.2 Å². The van der Waals surface area contributed by atoms with E-state index in [0.717, 1.165) is 67.9 Å². The molecule has 0 radical (unpaired) electrons. The van der Waals surface area contributed by atoms with Gasteiger partial charge in [0.05, 0.1) is 11.0 Å². The molecule has 7 aromatic carbocycles. The maximum atomic E-state index is 4.96. The average Bonchev–Trinajstić information content (AvgIpc) is 3.63. The second-order valence-electron chi connectivity index (χ2n) is 13.0. The van der Waals surface area contributed by atoms with Gasteiger partial charge in [-0.1, -0.05) is 153 Å². The van der Waals surface area contributed by atoms with E-state index >= 15 is 0 Å². The third-order valence-corrected chi connectivity index (χ3v) is 9.64. The van der Waals surface area contributed by atoms with E-state index in [1.807, 2.05) is 66.7 Å². The van der Waals surface area contributed by atoms with Gasteiger partial charge in [-0.2, -0.15) is 0 Å². The van der Waals surface area contributed by atoms with Gasteiger partial charge in [-0.05, 0) is 69.8 Å². The Morgan fingerprint density at radius 2 is 0.849 bits per heavy atom. The molecular formula is C48H35N5. The second-order valence-corrected chi connectivity index (χ2v) is 13.0. The van der Waals surface area contributed by atoms with Crippen LogP contribution >= 0.6 is 0 Å². The highest BCUT2D eigenvalue weighted by molar-refractivity contribution is 5.86. The number of aryl methyl sites for hydroxylation is 1.